The number of hydrogen-bond donors (Lipinski definition) is 0. The predicted molar refractivity (Wildman–Crippen MR) is 180 cm³/mol. The molecule has 2 heterocycles. The van der Waals surface area contributed by atoms with E-state index in [1.165, 1.54) is 4.68 Å². The number of furan rings is 1. The van der Waals surface area contributed by atoms with Gasteiger partial charge in [-0.3, -0.25) is 4.79 Å². The second-order valence-electron chi connectivity index (χ2n) is 10.2. The van der Waals surface area contributed by atoms with E-state index in [-0.39, 0.29) is 11.4 Å². The molecule has 0 aliphatic rings. The Morgan fingerprint density at radius 3 is 2.42 bits per heavy atom. The molecule has 0 atom stereocenters. The maximum atomic E-state index is 13.7. The highest BCUT2D eigenvalue weighted by atomic mass is 79.9. The minimum Gasteiger partial charge on any atom is -0.496 e. The Labute approximate surface area is 266 Å². The Morgan fingerprint density at radius 2 is 1.58 bits per heavy atom. The third kappa shape index (κ3) is 5.32. The molecule has 45 heavy (non-hydrogen) atoms. The van der Waals surface area contributed by atoms with E-state index in [1.54, 1.807) is 50.8 Å². The molecular formula is C36H26BrN3O5. The number of aromatic nitrogens is 2. The van der Waals surface area contributed by atoms with E-state index < -0.39 is 0 Å². The summed E-state index contributed by atoms with van der Waals surface area (Å²) in [6.45, 7) is 0.362. The Morgan fingerprint density at radius 1 is 0.822 bits per heavy atom. The molecule has 0 spiro atoms. The van der Waals surface area contributed by atoms with E-state index in [4.69, 9.17) is 23.6 Å². The fourth-order valence-electron chi connectivity index (χ4n) is 5.33. The summed E-state index contributed by atoms with van der Waals surface area (Å²) in [6.07, 6.45) is 1.58. The van der Waals surface area contributed by atoms with Crippen molar-refractivity contribution in [3.63, 3.8) is 0 Å². The van der Waals surface area contributed by atoms with Gasteiger partial charge in [0.2, 0.25) is 5.82 Å². The van der Waals surface area contributed by atoms with E-state index in [9.17, 15) is 4.79 Å². The SMILES string of the molecule is COc1cc(C=Nn2c(-c3cc4c(OC)cccc4o3)nc3ccccc3c2=O)c(Br)cc1OCc1cccc2ccccc12. The topological polar surface area (TPSA) is 88.1 Å². The van der Waals surface area contributed by atoms with Gasteiger partial charge in [0.05, 0.1) is 36.7 Å². The molecule has 7 rings (SSSR count). The van der Waals surface area contributed by atoms with Gasteiger partial charge in [0, 0.05) is 10.0 Å². The van der Waals surface area contributed by atoms with Gasteiger partial charge in [0.1, 0.15) is 17.9 Å². The summed E-state index contributed by atoms with van der Waals surface area (Å²) in [7, 11) is 3.18. The first-order chi connectivity index (χ1) is 22.0. The van der Waals surface area contributed by atoms with Crippen LogP contribution in [0.5, 0.6) is 17.2 Å². The van der Waals surface area contributed by atoms with Crippen molar-refractivity contribution in [3.05, 3.63) is 129 Å². The molecule has 0 N–H and O–H groups in total. The molecule has 2 aromatic heterocycles. The zero-order valence-electron chi connectivity index (χ0n) is 24.4. The van der Waals surface area contributed by atoms with Gasteiger partial charge in [-0.2, -0.15) is 9.78 Å². The molecule has 0 amide bonds. The monoisotopic (exact) mass is 659 g/mol. The van der Waals surface area contributed by atoms with Crippen LogP contribution in [0.3, 0.4) is 0 Å². The summed E-state index contributed by atoms with van der Waals surface area (Å²) in [6, 6.07) is 32.5. The summed E-state index contributed by atoms with van der Waals surface area (Å²) in [5, 5.41) is 8.09. The minimum absolute atomic E-state index is 0.256. The lowest BCUT2D eigenvalue weighted by Gasteiger charge is -2.14. The van der Waals surface area contributed by atoms with Gasteiger partial charge >= 0.3 is 0 Å². The van der Waals surface area contributed by atoms with Crippen LogP contribution in [0, 0.1) is 0 Å². The Kier molecular flexibility index (Phi) is 7.52. The van der Waals surface area contributed by atoms with E-state index >= 15 is 0 Å². The summed E-state index contributed by atoms with van der Waals surface area (Å²) < 4.78 is 25.5. The second kappa shape index (κ2) is 11.9. The number of nitrogens with zero attached hydrogens (tertiary/aromatic N) is 3. The molecule has 0 fully saturated rings. The molecule has 0 bridgehead atoms. The van der Waals surface area contributed by atoms with Gasteiger partial charge in [0.15, 0.2) is 17.3 Å². The molecule has 0 aliphatic heterocycles. The number of halogens is 1. The van der Waals surface area contributed by atoms with E-state index in [0.29, 0.717) is 56.1 Å². The fraction of sp³-hybridized carbons (Fsp3) is 0.0833. The molecule has 0 saturated heterocycles. The standard InChI is InChI=1S/C36H26BrN3O5/c1-42-30-15-8-16-31-27(30)18-34(45-31)35-39-29-14-6-5-13-26(29)36(41)40(35)38-20-24-17-32(43-2)33(19-28(24)37)44-21-23-11-7-10-22-9-3-4-12-25(22)23/h3-20H,21H2,1-2H3. The van der Waals surface area contributed by atoms with Crippen molar-refractivity contribution in [2.24, 2.45) is 5.10 Å². The molecule has 0 saturated carbocycles. The average Bonchev–Trinajstić information content (AvgIpc) is 3.52. The van der Waals surface area contributed by atoms with Crippen molar-refractivity contribution in [3.8, 4) is 28.8 Å². The van der Waals surface area contributed by atoms with Gasteiger partial charge in [-0.15, -0.1) is 0 Å². The van der Waals surface area contributed by atoms with Gasteiger partial charge in [0.25, 0.3) is 5.56 Å². The van der Waals surface area contributed by atoms with Crippen molar-refractivity contribution < 1.29 is 18.6 Å². The first kappa shape index (κ1) is 28.4. The third-order valence-corrected chi connectivity index (χ3v) is 8.26. The minimum atomic E-state index is -0.336. The molecule has 9 heteroatoms. The number of hydrogen-bond acceptors (Lipinski definition) is 7. The van der Waals surface area contributed by atoms with E-state index in [1.807, 2.05) is 48.5 Å². The zero-order valence-corrected chi connectivity index (χ0v) is 25.9. The summed E-state index contributed by atoms with van der Waals surface area (Å²) in [4.78, 5) is 18.5. The van der Waals surface area contributed by atoms with Crippen LogP contribution in [0.25, 0.3) is 44.2 Å². The molecule has 7 aromatic rings. The highest BCUT2D eigenvalue weighted by Crippen LogP contribution is 2.35. The lowest BCUT2D eigenvalue weighted by molar-refractivity contribution is 0.285. The largest absolute Gasteiger partial charge is 0.496 e. The first-order valence-electron chi connectivity index (χ1n) is 14.1. The van der Waals surface area contributed by atoms with Crippen LogP contribution >= 0.6 is 15.9 Å². The molecule has 0 unspecified atom stereocenters. The molecule has 222 valence electrons. The number of methoxy groups -OCH3 is 2. The van der Waals surface area contributed by atoms with Crippen LogP contribution in [-0.2, 0) is 6.61 Å². The maximum absolute atomic E-state index is 13.7. The average molecular weight is 661 g/mol. The zero-order chi connectivity index (χ0) is 30.9. The summed E-state index contributed by atoms with van der Waals surface area (Å²) in [5.74, 6) is 2.37. The number of rotatable bonds is 8. The summed E-state index contributed by atoms with van der Waals surface area (Å²) in [5.41, 5.74) is 2.54. The Balaban J connectivity index is 1.27. The lowest BCUT2D eigenvalue weighted by atomic mass is 10.1. The highest BCUT2D eigenvalue weighted by molar-refractivity contribution is 9.10. The van der Waals surface area contributed by atoms with Gasteiger partial charge in [-0.1, -0.05) is 60.7 Å². The van der Waals surface area contributed by atoms with Crippen LogP contribution in [0.4, 0.5) is 0 Å². The molecular weight excluding hydrogens is 634 g/mol. The van der Waals surface area contributed by atoms with Crippen LogP contribution in [0.15, 0.2) is 122 Å². The van der Waals surface area contributed by atoms with Crippen molar-refractivity contribution in [1.29, 1.82) is 0 Å². The fourth-order valence-corrected chi connectivity index (χ4v) is 5.75. The predicted octanol–water partition coefficient (Wildman–Crippen LogP) is 8.20. The molecule has 8 nitrogen and oxygen atoms in total. The lowest BCUT2D eigenvalue weighted by Crippen LogP contribution is -2.20. The van der Waals surface area contributed by atoms with Crippen molar-refractivity contribution in [1.82, 2.24) is 9.66 Å². The van der Waals surface area contributed by atoms with Crippen LogP contribution in [0.1, 0.15) is 11.1 Å². The molecule has 0 aliphatic carbocycles. The van der Waals surface area contributed by atoms with Crippen LogP contribution in [-0.4, -0.2) is 30.1 Å². The molecule has 0 radical (unpaired) electrons. The smallest absolute Gasteiger partial charge is 0.282 e. The Hall–Kier alpha value is -5.41. The third-order valence-electron chi connectivity index (χ3n) is 7.57. The first-order valence-corrected chi connectivity index (χ1v) is 14.9. The van der Waals surface area contributed by atoms with Crippen molar-refractivity contribution in [2.75, 3.05) is 14.2 Å². The highest BCUT2D eigenvalue weighted by Gasteiger charge is 2.18. The van der Waals surface area contributed by atoms with Crippen LogP contribution in [0.2, 0.25) is 0 Å². The molecule has 5 aromatic carbocycles. The van der Waals surface area contributed by atoms with Crippen molar-refractivity contribution in [2.45, 2.75) is 6.61 Å². The Bertz CT molecular complexity index is 2300. The van der Waals surface area contributed by atoms with Crippen LogP contribution < -0.4 is 19.8 Å². The normalized spacial score (nSPS) is 11.5. The summed E-state index contributed by atoms with van der Waals surface area (Å²) >= 11 is 3.65. The van der Waals surface area contributed by atoms with E-state index in [0.717, 1.165) is 21.7 Å². The van der Waals surface area contributed by atoms with Crippen molar-refractivity contribution >= 4 is 54.8 Å². The quantitative estimate of drug-likeness (QED) is 0.153. The van der Waals surface area contributed by atoms with Gasteiger partial charge < -0.3 is 18.6 Å². The second-order valence-corrected chi connectivity index (χ2v) is 11.1. The van der Waals surface area contributed by atoms with Gasteiger partial charge in [-0.25, -0.2) is 4.98 Å². The van der Waals surface area contributed by atoms with E-state index in [2.05, 4.69) is 45.3 Å². The number of fused-ring (bicyclic) bond motifs is 3. The number of para-hydroxylation sites is 1. The van der Waals surface area contributed by atoms with Gasteiger partial charge in [-0.05, 0) is 74.7 Å². The number of ether oxygens (including phenoxy) is 3. The number of benzene rings is 5. The maximum Gasteiger partial charge on any atom is 0.282 e.